The molecule has 1 aromatic heterocycles. The number of rotatable bonds is 4. The molecular weight excluding hydrogens is 252 g/mol. The van der Waals surface area contributed by atoms with Gasteiger partial charge in [-0.1, -0.05) is 30.8 Å². The highest BCUT2D eigenvalue weighted by Crippen LogP contribution is 2.28. The lowest BCUT2D eigenvalue weighted by Crippen LogP contribution is -2.07. The van der Waals surface area contributed by atoms with E-state index in [1.54, 1.807) is 11.8 Å². The first-order valence-electron chi connectivity index (χ1n) is 6.57. The minimum atomic E-state index is 0.137. The lowest BCUT2D eigenvalue weighted by Gasteiger charge is -2.10. The van der Waals surface area contributed by atoms with Gasteiger partial charge in [0.25, 0.3) is 0 Å². The van der Waals surface area contributed by atoms with Gasteiger partial charge in [-0.15, -0.1) is 0 Å². The zero-order chi connectivity index (χ0) is 13.8. The largest absolute Gasteiger partial charge is 0.324 e. The van der Waals surface area contributed by atoms with Crippen molar-refractivity contribution in [3.05, 3.63) is 53.2 Å². The monoisotopic (exact) mass is 272 g/mol. The first-order valence-corrected chi connectivity index (χ1v) is 7.39. The first kappa shape index (κ1) is 14.1. The summed E-state index contributed by atoms with van der Waals surface area (Å²) >= 11 is 1.69. The van der Waals surface area contributed by atoms with Gasteiger partial charge in [0.15, 0.2) is 0 Å². The van der Waals surface area contributed by atoms with E-state index in [1.807, 2.05) is 6.92 Å². The Morgan fingerprint density at radius 1 is 1.16 bits per heavy atom. The van der Waals surface area contributed by atoms with E-state index in [1.165, 1.54) is 16.0 Å². The van der Waals surface area contributed by atoms with Crippen LogP contribution in [0.5, 0.6) is 0 Å². The van der Waals surface area contributed by atoms with Crippen LogP contribution in [0.15, 0.2) is 46.3 Å². The molecule has 0 aliphatic carbocycles. The van der Waals surface area contributed by atoms with Crippen LogP contribution in [0.2, 0.25) is 0 Å². The fourth-order valence-corrected chi connectivity index (χ4v) is 2.94. The molecule has 2 N–H and O–H groups in total. The van der Waals surface area contributed by atoms with Gasteiger partial charge in [-0.25, -0.2) is 4.98 Å². The van der Waals surface area contributed by atoms with Crippen LogP contribution in [-0.4, -0.2) is 4.98 Å². The molecule has 2 aromatic rings. The van der Waals surface area contributed by atoms with Crippen molar-refractivity contribution in [2.24, 2.45) is 5.73 Å². The van der Waals surface area contributed by atoms with E-state index >= 15 is 0 Å². The van der Waals surface area contributed by atoms with Crippen molar-refractivity contribution in [1.82, 2.24) is 4.98 Å². The molecule has 0 fully saturated rings. The Balaban J connectivity index is 2.15. The summed E-state index contributed by atoms with van der Waals surface area (Å²) in [5, 5.41) is 1.05. The van der Waals surface area contributed by atoms with Crippen LogP contribution in [0.3, 0.4) is 0 Å². The zero-order valence-electron chi connectivity index (χ0n) is 11.7. The predicted octanol–water partition coefficient (Wildman–Crippen LogP) is 4.26. The summed E-state index contributed by atoms with van der Waals surface area (Å²) in [6, 6.07) is 12.8. The van der Waals surface area contributed by atoms with Crippen LogP contribution >= 0.6 is 11.8 Å². The predicted molar refractivity (Wildman–Crippen MR) is 81.5 cm³/mol. The number of aryl methyl sites for hydroxylation is 2. The van der Waals surface area contributed by atoms with E-state index in [-0.39, 0.29) is 6.04 Å². The minimum absolute atomic E-state index is 0.137. The van der Waals surface area contributed by atoms with Gasteiger partial charge >= 0.3 is 0 Å². The number of hydrogen-bond donors (Lipinski definition) is 1. The third-order valence-electron chi connectivity index (χ3n) is 3.04. The van der Waals surface area contributed by atoms with Crippen LogP contribution in [0.4, 0.5) is 0 Å². The number of aromatic nitrogens is 1. The molecule has 0 saturated carbocycles. The van der Waals surface area contributed by atoms with Crippen molar-refractivity contribution >= 4 is 11.8 Å². The molecule has 0 bridgehead atoms. The molecule has 0 amide bonds. The Bertz CT molecular complexity index is 529. The fraction of sp³-hybridized carbons (Fsp3) is 0.312. The first-order chi connectivity index (χ1) is 9.08. The van der Waals surface area contributed by atoms with Crippen molar-refractivity contribution in [1.29, 1.82) is 0 Å². The van der Waals surface area contributed by atoms with Crippen LogP contribution < -0.4 is 5.73 Å². The summed E-state index contributed by atoms with van der Waals surface area (Å²) in [5.74, 6) is 0. The van der Waals surface area contributed by atoms with Gasteiger partial charge in [0.05, 0.1) is 0 Å². The van der Waals surface area contributed by atoms with Crippen molar-refractivity contribution in [2.45, 2.75) is 43.2 Å². The molecule has 19 heavy (non-hydrogen) atoms. The number of pyridine rings is 1. The van der Waals surface area contributed by atoms with Crippen LogP contribution in [0.1, 0.15) is 36.2 Å². The van der Waals surface area contributed by atoms with Crippen LogP contribution in [0, 0.1) is 13.8 Å². The Morgan fingerprint density at radius 3 is 2.42 bits per heavy atom. The van der Waals surface area contributed by atoms with Gasteiger partial charge in [0.1, 0.15) is 5.03 Å². The summed E-state index contributed by atoms with van der Waals surface area (Å²) in [4.78, 5) is 5.74. The van der Waals surface area contributed by atoms with Crippen LogP contribution in [0.25, 0.3) is 0 Å². The minimum Gasteiger partial charge on any atom is -0.324 e. The van der Waals surface area contributed by atoms with E-state index in [2.05, 4.69) is 55.2 Å². The van der Waals surface area contributed by atoms with Crippen LogP contribution in [-0.2, 0) is 0 Å². The van der Waals surface area contributed by atoms with Crippen molar-refractivity contribution < 1.29 is 0 Å². The molecule has 1 unspecified atom stereocenters. The summed E-state index contributed by atoms with van der Waals surface area (Å²) in [7, 11) is 0. The maximum Gasteiger partial charge on any atom is 0.101 e. The van der Waals surface area contributed by atoms with Gasteiger partial charge < -0.3 is 5.73 Å². The second kappa shape index (κ2) is 6.22. The normalized spacial score (nSPS) is 12.4. The average molecular weight is 272 g/mol. The van der Waals surface area contributed by atoms with Gasteiger partial charge in [-0.2, -0.15) is 0 Å². The molecule has 100 valence electrons. The molecule has 0 saturated heterocycles. The molecular formula is C16H20N2S. The smallest absolute Gasteiger partial charge is 0.101 e. The van der Waals surface area contributed by atoms with Crippen molar-refractivity contribution in [3.8, 4) is 0 Å². The maximum absolute atomic E-state index is 6.02. The standard InChI is InChI=1S/C16H20N2S/c1-4-15(17)13-5-7-14(8-6-13)19-16-10-11(2)9-12(3)18-16/h5-10,15H,4,17H2,1-3H3. The lowest BCUT2D eigenvalue weighted by atomic mass is 10.1. The van der Waals surface area contributed by atoms with E-state index < -0.39 is 0 Å². The summed E-state index contributed by atoms with van der Waals surface area (Å²) < 4.78 is 0. The second-order valence-corrected chi connectivity index (χ2v) is 5.90. The molecule has 0 spiro atoms. The van der Waals surface area contributed by atoms with Crippen molar-refractivity contribution in [3.63, 3.8) is 0 Å². The van der Waals surface area contributed by atoms with Gasteiger partial charge in [-0.3, -0.25) is 0 Å². The lowest BCUT2D eigenvalue weighted by molar-refractivity contribution is 0.698. The highest BCUT2D eigenvalue weighted by atomic mass is 32.2. The topological polar surface area (TPSA) is 38.9 Å². The average Bonchev–Trinajstić information content (AvgIpc) is 2.37. The fourth-order valence-electron chi connectivity index (χ4n) is 2.00. The molecule has 1 aromatic carbocycles. The molecule has 2 rings (SSSR count). The number of nitrogens with two attached hydrogens (primary N) is 1. The third-order valence-corrected chi connectivity index (χ3v) is 3.97. The summed E-state index contributed by atoms with van der Waals surface area (Å²) in [5.41, 5.74) is 9.52. The van der Waals surface area contributed by atoms with Gasteiger partial charge in [0.2, 0.25) is 0 Å². The molecule has 0 aliphatic heterocycles. The number of nitrogens with zero attached hydrogens (tertiary/aromatic N) is 1. The van der Waals surface area contributed by atoms with E-state index in [0.717, 1.165) is 17.1 Å². The van der Waals surface area contributed by atoms with Crippen molar-refractivity contribution in [2.75, 3.05) is 0 Å². The molecule has 0 aliphatic rings. The molecule has 3 heteroatoms. The Morgan fingerprint density at radius 2 is 1.84 bits per heavy atom. The van der Waals surface area contributed by atoms with E-state index in [4.69, 9.17) is 5.73 Å². The quantitative estimate of drug-likeness (QED) is 0.904. The SMILES string of the molecule is CCC(N)c1ccc(Sc2cc(C)cc(C)n2)cc1. The molecule has 0 radical (unpaired) electrons. The van der Waals surface area contributed by atoms with Gasteiger partial charge in [-0.05, 0) is 55.7 Å². The number of hydrogen-bond acceptors (Lipinski definition) is 3. The highest BCUT2D eigenvalue weighted by Gasteiger charge is 2.04. The summed E-state index contributed by atoms with van der Waals surface area (Å²) in [6.07, 6.45) is 0.963. The van der Waals surface area contributed by atoms with Gasteiger partial charge in [0, 0.05) is 16.6 Å². The second-order valence-electron chi connectivity index (χ2n) is 4.81. The Kier molecular flexibility index (Phi) is 4.61. The Hall–Kier alpha value is -1.32. The summed E-state index contributed by atoms with van der Waals surface area (Å²) in [6.45, 7) is 6.23. The number of benzene rings is 1. The highest BCUT2D eigenvalue weighted by molar-refractivity contribution is 7.99. The van der Waals surface area contributed by atoms with E-state index in [9.17, 15) is 0 Å². The Labute approximate surface area is 119 Å². The maximum atomic E-state index is 6.02. The molecule has 1 atom stereocenters. The third kappa shape index (κ3) is 3.82. The van der Waals surface area contributed by atoms with E-state index in [0.29, 0.717) is 0 Å². The molecule has 2 nitrogen and oxygen atoms in total. The zero-order valence-corrected chi connectivity index (χ0v) is 12.5. The molecule has 1 heterocycles.